The zero-order chi connectivity index (χ0) is 22.6. The Morgan fingerprint density at radius 1 is 1.10 bits per heavy atom. The number of aryl methyl sites for hydroxylation is 2. The van der Waals surface area contributed by atoms with Crippen molar-refractivity contribution in [3.05, 3.63) is 58.7 Å². The summed E-state index contributed by atoms with van der Waals surface area (Å²) in [5, 5.41) is 2.75. The average molecular weight is 433 g/mol. The van der Waals surface area contributed by atoms with E-state index in [0.717, 1.165) is 21.7 Å². The average Bonchev–Trinajstić information content (AvgIpc) is 2.61. The SMILES string of the molecule is CCOC(=O)c1cccc(NC(=O)C(C)N(c2cc(C)cc(C)c2)S(C)(=O)=O)c1C. The van der Waals surface area contributed by atoms with Crippen molar-refractivity contribution in [3.63, 3.8) is 0 Å². The van der Waals surface area contributed by atoms with Crippen LogP contribution in [0.25, 0.3) is 0 Å². The molecule has 0 fully saturated rings. The summed E-state index contributed by atoms with van der Waals surface area (Å²) in [6, 6.07) is 9.28. The van der Waals surface area contributed by atoms with Crippen LogP contribution in [0.4, 0.5) is 11.4 Å². The third-order valence-electron chi connectivity index (χ3n) is 4.64. The molecule has 1 N–H and O–H groups in total. The molecule has 0 spiro atoms. The second kappa shape index (κ2) is 9.30. The Kier molecular flexibility index (Phi) is 7.25. The minimum atomic E-state index is -3.73. The predicted molar refractivity (Wildman–Crippen MR) is 118 cm³/mol. The van der Waals surface area contributed by atoms with Gasteiger partial charge in [0.05, 0.1) is 24.1 Å². The number of benzene rings is 2. The van der Waals surface area contributed by atoms with Gasteiger partial charge >= 0.3 is 5.97 Å². The lowest BCUT2D eigenvalue weighted by Gasteiger charge is -2.29. The Balaban J connectivity index is 2.37. The summed E-state index contributed by atoms with van der Waals surface area (Å²) < 4.78 is 31.2. The van der Waals surface area contributed by atoms with Gasteiger partial charge in [0.2, 0.25) is 15.9 Å². The second-order valence-corrected chi connectivity index (χ2v) is 9.13. The normalized spacial score (nSPS) is 12.2. The van der Waals surface area contributed by atoms with Crippen LogP contribution in [-0.4, -0.2) is 39.2 Å². The molecule has 1 unspecified atom stereocenters. The van der Waals surface area contributed by atoms with Crippen LogP contribution < -0.4 is 9.62 Å². The number of ether oxygens (including phenoxy) is 1. The minimum Gasteiger partial charge on any atom is -0.462 e. The molecule has 30 heavy (non-hydrogen) atoms. The highest BCUT2D eigenvalue weighted by atomic mass is 32.2. The number of rotatable bonds is 7. The second-order valence-electron chi connectivity index (χ2n) is 7.27. The van der Waals surface area contributed by atoms with E-state index in [9.17, 15) is 18.0 Å². The van der Waals surface area contributed by atoms with E-state index in [1.807, 2.05) is 19.9 Å². The van der Waals surface area contributed by atoms with Gasteiger partial charge < -0.3 is 10.1 Å². The number of amides is 1. The van der Waals surface area contributed by atoms with Crippen molar-refractivity contribution in [1.29, 1.82) is 0 Å². The molecule has 2 aromatic carbocycles. The number of nitrogens with zero attached hydrogens (tertiary/aromatic N) is 1. The number of hydrogen-bond acceptors (Lipinski definition) is 5. The zero-order valence-corrected chi connectivity index (χ0v) is 19.0. The maximum atomic E-state index is 13.0. The van der Waals surface area contributed by atoms with Crippen LogP contribution in [-0.2, 0) is 19.6 Å². The molecule has 7 nitrogen and oxygen atoms in total. The maximum absolute atomic E-state index is 13.0. The van der Waals surface area contributed by atoms with Gasteiger partial charge in [-0.25, -0.2) is 13.2 Å². The fraction of sp³-hybridized carbons (Fsp3) is 0.364. The van der Waals surface area contributed by atoms with Crippen molar-refractivity contribution < 1.29 is 22.7 Å². The smallest absolute Gasteiger partial charge is 0.338 e. The Morgan fingerprint density at radius 2 is 1.70 bits per heavy atom. The third kappa shape index (κ3) is 5.38. The summed E-state index contributed by atoms with van der Waals surface area (Å²) in [7, 11) is -3.73. The van der Waals surface area contributed by atoms with Crippen molar-refractivity contribution in [2.45, 2.75) is 40.7 Å². The lowest BCUT2D eigenvalue weighted by atomic mass is 10.1. The molecule has 8 heteroatoms. The summed E-state index contributed by atoms with van der Waals surface area (Å²) in [6.07, 6.45) is 1.07. The number of anilines is 2. The van der Waals surface area contributed by atoms with E-state index in [4.69, 9.17) is 4.74 Å². The number of sulfonamides is 1. The van der Waals surface area contributed by atoms with Gasteiger partial charge in [0, 0.05) is 5.69 Å². The van der Waals surface area contributed by atoms with Crippen molar-refractivity contribution >= 4 is 33.3 Å². The molecule has 0 aliphatic carbocycles. The van der Waals surface area contributed by atoms with Crippen LogP contribution in [0.2, 0.25) is 0 Å². The van der Waals surface area contributed by atoms with Gasteiger partial charge in [-0.2, -0.15) is 0 Å². The fourth-order valence-corrected chi connectivity index (χ4v) is 4.48. The van der Waals surface area contributed by atoms with Crippen molar-refractivity contribution in [2.75, 3.05) is 22.5 Å². The van der Waals surface area contributed by atoms with Gasteiger partial charge in [0.1, 0.15) is 6.04 Å². The van der Waals surface area contributed by atoms with Crippen LogP contribution in [0.1, 0.15) is 40.9 Å². The largest absolute Gasteiger partial charge is 0.462 e. The van der Waals surface area contributed by atoms with Gasteiger partial charge in [-0.3, -0.25) is 9.10 Å². The summed E-state index contributed by atoms with van der Waals surface area (Å²) in [5.74, 6) is -0.990. The standard InChI is InChI=1S/C22H28N2O5S/c1-7-29-22(26)19-9-8-10-20(16(19)4)23-21(25)17(5)24(30(6,27)28)18-12-14(2)11-15(3)13-18/h8-13,17H,7H2,1-6H3,(H,23,25). The van der Waals surface area contributed by atoms with E-state index in [-0.39, 0.29) is 6.61 Å². The van der Waals surface area contributed by atoms with E-state index in [2.05, 4.69) is 5.32 Å². The first-order valence-corrected chi connectivity index (χ1v) is 11.5. The van der Waals surface area contributed by atoms with Crippen molar-refractivity contribution in [3.8, 4) is 0 Å². The molecular formula is C22H28N2O5S. The molecule has 0 aromatic heterocycles. The Hall–Kier alpha value is -2.87. The Morgan fingerprint density at radius 3 is 2.23 bits per heavy atom. The first-order valence-electron chi connectivity index (χ1n) is 9.61. The van der Waals surface area contributed by atoms with Gasteiger partial charge in [0.25, 0.3) is 0 Å². The van der Waals surface area contributed by atoms with E-state index < -0.39 is 27.9 Å². The summed E-state index contributed by atoms with van der Waals surface area (Å²) in [4.78, 5) is 25.1. The topological polar surface area (TPSA) is 92.8 Å². The molecule has 2 rings (SSSR count). The first kappa shape index (κ1) is 23.4. The molecule has 0 saturated heterocycles. The molecule has 2 aromatic rings. The highest BCUT2D eigenvalue weighted by Gasteiger charge is 2.30. The van der Waals surface area contributed by atoms with E-state index in [1.165, 1.54) is 6.92 Å². The van der Waals surface area contributed by atoms with Crippen molar-refractivity contribution in [2.24, 2.45) is 0 Å². The van der Waals surface area contributed by atoms with Gasteiger partial charge in [-0.1, -0.05) is 12.1 Å². The third-order valence-corrected chi connectivity index (χ3v) is 5.88. The van der Waals surface area contributed by atoms with Gasteiger partial charge in [-0.05, 0) is 75.6 Å². The molecule has 0 aliphatic heterocycles. The Labute approximate surface area is 178 Å². The summed E-state index contributed by atoms with van der Waals surface area (Å²) >= 11 is 0. The van der Waals surface area contributed by atoms with E-state index in [1.54, 1.807) is 44.2 Å². The number of carbonyl (C=O) groups excluding carboxylic acids is 2. The van der Waals surface area contributed by atoms with Crippen LogP contribution in [0.3, 0.4) is 0 Å². The molecule has 0 heterocycles. The Bertz CT molecular complexity index is 1040. The molecule has 0 bridgehead atoms. The summed E-state index contributed by atoms with van der Waals surface area (Å²) in [6.45, 7) is 8.92. The monoisotopic (exact) mass is 432 g/mol. The van der Waals surface area contributed by atoms with Gasteiger partial charge in [-0.15, -0.1) is 0 Å². The van der Waals surface area contributed by atoms with Crippen molar-refractivity contribution in [1.82, 2.24) is 0 Å². The maximum Gasteiger partial charge on any atom is 0.338 e. The van der Waals surface area contributed by atoms with Gasteiger partial charge in [0.15, 0.2) is 0 Å². The summed E-state index contributed by atoms with van der Waals surface area (Å²) in [5.41, 5.74) is 3.53. The molecule has 0 radical (unpaired) electrons. The first-order chi connectivity index (χ1) is 14.0. The van der Waals surface area contributed by atoms with E-state index in [0.29, 0.717) is 22.5 Å². The predicted octanol–water partition coefficient (Wildman–Crippen LogP) is 3.58. The molecule has 1 atom stereocenters. The van der Waals surface area contributed by atoms with Crippen LogP contribution in [0.15, 0.2) is 36.4 Å². The zero-order valence-electron chi connectivity index (χ0n) is 18.1. The van der Waals surface area contributed by atoms with Crippen LogP contribution >= 0.6 is 0 Å². The molecular weight excluding hydrogens is 404 g/mol. The van der Waals surface area contributed by atoms with E-state index >= 15 is 0 Å². The number of nitrogens with one attached hydrogen (secondary N) is 1. The highest BCUT2D eigenvalue weighted by Crippen LogP contribution is 2.25. The molecule has 0 saturated carbocycles. The van der Waals surface area contributed by atoms with Crippen LogP contribution in [0, 0.1) is 20.8 Å². The number of esters is 1. The lowest BCUT2D eigenvalue weighted by molar-refractivity contribution is -0.116. The lowest BCUT2D eigenvalue weighted by Crippen LogP contribution is -2.45. The fourth-order valence-electron chi connectivity index (χ4n) is 3.32. The molecule has 0 aliphatic rings. The molecule has 162 valence electrons. The quantitative estimate of drug-likeness (QED) is 0.675. The van der Waals surface area contributed by atoms with Crippen LogP contribution in [0.5, 0.6) is 0 Å². The highest BCUT2D eigenvalue weighted by molar-refractivity contribution is 7.92. The molecule has 1 amide bonds. The number of hydrogen-bond donors (Lipinski definition) is 1. The number of carbonyl (C=O) groups is 2. The minimum absolute atomic E-state index is 0.241.